The number of hydrogen-bond donors (Lipinski definition) is 1. The van der Waals surface area contributed by atoms with Crippen LogP contribution in [0.2, 0.25) is 5.02 Å². The van der Waals surface area contributed by atoms with Crippen LogP contribution < -0.4 is 5.32 Å². The zero-order valence-corrected chi connectivity index (χ0v) is 17.1. The number of rotatable bonds is 4. The second kappa shape index (κ2) is 8.29. The van der Waals surface area contributed by atoms with Gasteiger partial charge in [0.25, 0.3) is 5.91 Å². The molecule has 1 aliphatic rings. The summed E-state index contributed by atoms with van der Waals surface area (Å²) in [5, 5.41) is 4.26. The molecule has 2 heterocycles. The average molecular weight is 411 g/mol. The number of carbonyl (C=O) groups is 2. The summed E-state index contributed by atoms with van der Waals surface area (Å²) in [6, 6.07) is 10.9. The topological polar surface area (TPSA) is 62.6 Å². The quantitative estimate of drug-likeness (QED) is 0.642. The molecule has 5 nitrogen and oxygen atoms in total. The van der Waals surface area contributed by atoms with Crippen LogP contribution in [0.4, 0.5) is 5.69 Å². The number of hydrogen-bond acceptors (Lipinski definition) is 3. The summed E-state index contributed by atoms with van der Waals surface area (Å²) in [5.74, 6) is -0.288. The molecule has 1 aromatic heterocycles. The van der Waals surface area contributed by atoms with Gasteiger partial charge >= 0.3 is 0 Å². The van der Waals surface area contributed by atoms with E-state index in [1.807, 2.05) is 30.0 Å². The van der Waals surface area contributed by atoms with Gasteiger partial charge in [0, 0.05) is 29.1 Å². The predicted octanol–water partition coefficient (Wildman–Crippen LogP) is 5.20. The van der Waals surface area contributed by atoms with Crippen LogP contribution in [0.3, 0.4) is 0 Å². The highest BCUT2D eigenvalue weighted by atomic mass is 35.5. The molecule has 3 aromatic rings. The minimum absolute atomic E-state index is 0.0686. The van der Waals surface area contributed by atoms with E-state index in [9.17, 15) is 9.59 Å². The van der Waals surface area contributed by atoms with Gasteiger partial charge in [0.2, 0.25) is 5.91 Å². The highest BCUT2D eigenvalue weighted by molar-refractivity contribution is 6.31. The molecule has 2 aromatic carbocycles. The molecule has 6 heteroatoms. The number of anilines is 1. The van der Waals surface area contributed by atoms with Crippen molar-refractivity contribution < 1.29 is 14.0 Å². The van der Waals surface area contributed by atoms with E-state index in [0.29, 0.717) is 16.3 Å². The van der Waals surface area contributed by atoms with E-state index in [2.05, 4.69) is 5.32 Å². The Morgan fingerprint density at radius 2 is 1.90 bits per heavy atom. The van der Waals surface area contributed by atoms with Crippen molar-refractivity contribution in [1.82, 2.24) is 4.90 Å². The largest absolute Gasteiger partial charge is 0.464 e. The Bertz CT molecular complexity index is 1070. The van der Waals surface area contributed by atoms with E-state index in [-0.39, 0.29) is 18.2 Å². The lowest BCUT2D eigenvalue weighted by Gasteiger charge is -2.27. The molecule has 0 bridgehead atoms. The Balaban J connectivity index is 1.54. The van der Waals surface area contributed by atoms with Gasteiger partial charge in [0.05, 0.1) is 23.9 Å². The van der Waals surface area contributed by atoms with Gasteiger partial charge in [-0.3, -0.25) is 9.59 Å². The number of benzene rings is 2. The Labute approximate surface area is 174 Å². The number of likely N-dealkylation sites (tertiary alicyclic amines) is 1. The fourth-order valence-electron chi connectivity index (χ4n) is 3.77. The molecular formula is C23H23ClN2O3. The summed E-state index contributed by atoms with van der Waals surface area (Å²) in [7, 11) is 0. The van der Waals surface area contributed by atoms with Gasteiger partial charge < -0.3 is 14.6 Å². The average Bonchev–Trinajstić information content (AvgIpc) is 3.10. The molecule has 29 heavy (non-hydrogen) atoms. The third-order valence-electron chi connectivity index (χ3n) is 5.29. The summed E-state index contributed by atoms with van der Waals surface area (Å²) in [6.07, 6.45) is 4.93. The number of nitrogens with one attached hydrogen (secondary N) is 1. The number of piperidine rings is 1. The molecule has 150 valence electrons. The minimum atomic E-state index is -0.219. The normalized spacial score (nSPS) is 14.2. The molecule has 0 radical (unpaired) electrons. The summed E-state index contributed by atoms with van der Waals surface area (Å²) in [5.41, 5.74) is 3.58. The number of amides is 2. The zero-order chi connectivity index (χ0) is 20.4. The number of carbonyl (C=O) groups excluding carboxylic acids is 2. The van der Waals surface area contributed by atoms with Crippen LogP contribution in [0, 0.1) is 6.92 Å². The maximum Gasteiger partial charge on any atom is 0.255 e. The maximum atomic E-state index is 13.0. The fraction of sp³-hybridized carbons (Fsp3) is 0.304. The van der Waals surface area contributed by atoms with Crippen LogP contribution in [0.1, 0.15) is 40.7 Å². The van der Waals surface area contributed by atoms with Gasteiger partial charge in [-0.1, -0.05) is 23.7 Å². The molecule has 2 amide bonds. The zero-order valence-electron chi connectivity index (χ0n) is 16.3. The molecule has 4 rings (SSSR count). The molecule has 1 N–H and O–H groups in total. The van der Waals surface area contributed by atoms with Gasteiger partial charge in [0.1, 0.15) is 5.58 Å². The van der Waals surface area contributed by atoms with Crippen LogP contribution in [-0.4, -0.2) is 29.8 Å². The lowest BCUT2D eigenvalue weighted by atomic mass is 10.1. The molecule has 1 aliphatic heterocycles. The number of furan rings is 1. The summed E-state index contributed by atoms with van der Waals surface area (Å²) in [6.45, 7) is 3.49. The third-order valence-corrected chi connectivity index (χ3v) is 5.53. The van der Waals surface area contributed by atoms with Crippen LogP contribution in [0.15, 0.2) is 47.1 Å². The second-order valence-electron chi connectivity index (χ2n) is 7.53. The molecular weight excluding hydrogens is 388 g/mol. The van der Waals surface area contributed by atoms with Crippen molar-refractivity contribution >= 4 is 40.1 Å². The first-order valence-electron chi connectivity index (χ1n) is 9.86. The molecule has 0 unspecified atom stereocenters. The Kier molecular flexibility index (Phi) is 5.58. The number of nitrogens with zero attached hydrogens (tertiary/aromatic N) is 1. The fourth-order valence-corrected chi connectivity index (χ4v) is 3.94. The van der Waals surface area contributed by atoms with E-state index in [1.165, 1.54) is 0 Å². The standard InChI is InChI=1S/C23H23ClN2O3/c1-15-5-7-18-16(14-29-21(18)11-15)12-22(27)25-20-13-17(24)6-8-19(20)23(28)26-9-3-2-4-10-26/h5-8,11,13-14H,2-4,9-10,12H2,1H3,(H,25,27). The molecule has 0 aliphatic carbocycles. The molecule has 0 atom stereocenters. The summed E-state index contributed by atoms with van der Waals surface area (Å²) >= 11 is 6.14. The molecule has 0 spiro atoms. The van der Waals surface area contributed by atoms with Crippen LogP contribution >= 0.6 is 11.6 Å². The lowest BCUT2D eigenvalue weighted by molar-refractivity contribution is -0.115. The number of halogens is 1. The van der Waals surface area contributed by atoms with E-state index in [0.717, 1.165) is 54.4 Å². The summed E-state index contributed by atoms with van der Waals surface area (Å²) < 4.78 is 5.58. The van der Waals surface area contributed by atoms with Gasteiger partial charge in [-0.2, -0.15) is 0 Å². The van der Waals surface area contributed by atoms with Crippen molar-refractivity contribution in [2.75, 3.05) is 18.4 Å². The number of fused-ring (bicyclic) bond motifs is 1. The van der Waals surface area contributed by atoms with Crippen LogP contribution in [0.25, 0.3) is 11.0 Å². The number of aryl methyl sites for hydroxylation is 1. The minimum Gasteiger partial charge on any atom is -0.464 e. The van der Waals surface area contributed by atoms with Crippen molar-refractivity contribution in [2.24, 2.45) is 0 Å². The Morgan fingerprint density at radius 1 is 1.10 bits per heavy atom. The van der Waals surface area contributed by atoms with E-state index in [1.54, 1.807) is 24.5 Å². The molecule has 1 fully saturated rings. The van der Waals surface area contributed by atoms with Crippen molar-refractivity contribution in [3.05, 3.63) is 64.4 Å². The van der Waals surface area contributed by atoms with Crippen molar-refractivity contribution in [3.8, 4) is 0 Å². The monoisotopic (exact) mass is 410 g/mol. The Hall–Kier alpha value is -2.79. The van der Waals surface area contributed by atoms with E-state index < -0.39 is 0 Å². The first kappa shape index (κ1) is 19.5. The van der Waals surface area contributed by atoms with Crippen LogP contribution in [-0.2, 0) is 11.2 Å². The van der Waals surface area contributed by atoms with Crippen molar-refractivity contribution in [1.29, 1.82) is 0 Å². The van der Waals surface area contributed by atoms with Gasteiger partial charge in [0.15, 0.2) is 0 Å². The van der Waals surface area contributed by atoms with Gasteiger partial charge in [-0.25, -0.2) is 0 Å². The lowest BCUT2D eigenvalue weighted by Crippen LogP contribution is -2.36. The van der Waals surface area contributed by atoms with E-state index >= 15 is 0 Å². The third kappa shape index (κ3) is 4.30. The smallest absolute Gasteiger partial charge is 0.255 e. The van der Waals surface area contributed by atoms with Crippen molar-refractivity contribution in [3.63, 3.8) is 0 Å². The predicted molar refractivity (Wildman–Crippen MR) is 114 cm³/mol. The second-order valence-corrected chi connectivity index (χ2v) is 7.96. The Morgan fingerprint density at radius 3 is 2.69 bits per heavy atom. The van der Waals surface area contributed by atoms with Crippen molar-refractivity contribution in [2.45, 2.75) is 32.6 Å². The maximum absolute atomic E-state index is 13.0. The van der Waals surface area contributed by atoms with E-state index in [4.69, 9.17) is 16.0 Å². The van der Waals surface area contributed by atoms with Gasteiger partial charge in [-0.05, 0) is 56.0 Å². The summed E-state index contributed by atoms with van der Waals surface area (Å²) in [4.78, 5) is 27.5. The molecule has 1 saturated heterocycles. The highest BCUT2D eigenvalue weighted by Crippen LogP contribution is 2.26. The van der Waals surface area contributed by atoms with Crippen LogP contribution in [0.5, 0.6) is 0 Å². The highest BCUT2D eigenvalue weighted by Gasteiger charge is 2.22. The molecule has 0 saturated carbocycles. The SMILES string of the molecule is Cc1ccc2c(CC(=O)Nc3cc(Cl)ccc3C(=O)N3CCCCC3)coc2c1. The van der Waals surface area contributed by atoms with Gasteiger partial charge in [-0.15, -0.1) is 0 Å². The first-order valence-corrected chi connectivity index (χ1v) is 10.2. The first-order chi connectivity index (χ1) is 14.0.